The second-order valence-corrected chi connectivity index (χ2v) is 4.53. The molecule has 1 aromatic rings. The molecule has 0 bridgehead atoms. The maximum absolute atomic E-state index is 8.98. The minimum absolute atomic E-state index is 0.432. The largest absolute Gasteiger partial charge is 0.490 e. The van der Waals surface area contributed by atoms with Crippen molar-refractivity contribution in [2.45, 2.75) is 46.3 Å². The molecular formula is C16H24N2O2. The van der Waals surface area contributed by atoms with Gasteiger partial charge in [-0.15, -0.1) is 0 Å². The topological polar surface area (TPSA) is 54.3 Å². The highest BCUT2D eigenvalue weighted by atomic mass is 16.5. The van der Waals surface area contributed by atoms with E-state index in [1.807, 2.05) is 32.0 Å². The Morgan fingerprint density at radius 2 is 2.05 bits per heavy atom. The van der Waals surface area contributed by atoms with Gasteiger partial charge in [-0.3, -0.25) is 0 Å². The summed E-state index contributed by atoms with van der Waals surface area (Å²) in [4.78, 5) is 0. The smallest absolute Gasteiger partial charge is 0.184 e. The molecule has 0 radical (unpaired) electrons. The van der Waals surface area contributed by atoms with Gasteiger partial charge in [0.2, 0.25) is 0 Å². The second-order valence-electron chi connectivity index (χ2n) is 4.53. The molecule has 0 aromatic heterocycles. The summed E-state index contributed by atoms with van der Waals surface area (Å²) in [6.45, 7) is 8.39. The first-order valence-corrected chi connectivity index (χ1v) is 7.27. The van der Waals surface area contributed by atoms with E-state index in [1.165, 1.54) is 0 Å². The molecule has 1 N–H and O–H groups in total. The van der Waals surface area contributed by atoms with Crippen LogP contribution in [0.2, 0.25) is 0 Å². The monoisotopic (exact) mass is 276 g/mol. The first-order valence-electron chi connectivity index (χ1n) is 7.27. The Kier molecular flexibility index (Phi) is 7.52. The van der Waals surface area contributed by atoms with E-state index >= 15 is 0 Å². The molecule has 20 heavy (non-hydrogen) atoms. The molecule has 0 aliphatic carbocycles. The first kappa shape index (κ1) is 16.3. The fourth-order valence-electron chi connectivity index (χ4n) is 1.79. The van der Waals surface area contributed by atoms with E-state index in [4.69, 9.17) is 14.7 Å². The summed E-state index contributed by atoms with van der Waals surface area (Å²) >= 11 is 0. The van der Waals surface area contributed by atoms with Crippen LogP contribution in [-0.2, 0) is 6.54 Å². The van der Waals surface area contributed by atoms with E-state index in [9.17, 15) is 0 Å². The number of nitrogens with one attached hydrogen (secondary N) is 1. The molecule has 0 heterocycles. The third-order valence-corrected chi connectivity index (χ3v) is 2.85. The molecule has 4 heteroatoms. The SMILES string of the molecule is CCCNCc1ccc(OC(C#N)CC)c(OCC)c1. The Balaban J connectivity index is 2.81. The lowest BCUT2D eigenvalue weighted by molar-refractivity contribution is 0.231. The van der Waals surface area contributed by atoms with Crippen LogP contribution in [0, 0.1) is 11.3 Å². The molecule has 1 aromatic carbocycles. The predicted molar refractivity (Wildman–Crippen MR) is 79.9 cm³/mol. The van der Waals surface area contributed by atoms with Gasteiger partial charge in [-0.1, -0.05) is 19.9 Å². The van der Waals surface area contributed by atoms with E-state index in [-0.39, 0.29) is 0 Å². The number of hydrogen-bond acceptors (Lipinski definition) is 4. The van der Waals surface area contributed by atoms with Crippen LogP contribution in [0.5, 0.6) is 11.5 Å². The molecule has 110 valence electrons. The molecule has 1 unspecified atom stereocenters. The zero-order valence-corrected chi connectivity index (χ0v) is 12.6. The summed E-state index contributed by atoms with van der Waals surface area (Å²) in [6.07, 6.45) is 1.33. The highest BCUT2D eigenvalue weighted by Crippen LogP contribution is 2.29. The van der Waals surface area contributed by atoms with E-state index in [0.29, 0.717) is 24.5 Å². The molecule has 0 fully saturated rings. The van der Waals surface area contributed by atoms with Crippen molar-refractivity contribution in [2.75, 3.05) is 13.2 Å². The molecule has 0 aliphatic heterocycles. The lowest BCUT2D eigenvalue weighted by Gasteiger charge is -2.16. The number of hydrogen-bond donors (Lipinski definition) is 1. The molecule has 1 atom stereocenters. The number of nitrogens with zero attached hydrogens (tertiary/aromatic N) is 1. The minimum atomic E-state index is -0.432. The average molecular weight is 276 g/mol. The highest BCUT2D eigenvalue weighted by Gasteiger charge is 2.11. The lowest BCUT2D eigenvalue weighted by Crippen LogP contribution is -2.15. The molecule has 0 saturated carbocycles. The summed E-state index contributed by atoms with van der Waals surface area (Å²) < 4.78 is 11.3. The minimum Gasteiger partial charge on any atom is -0.490 e. The van der Waals surface area contributed by atoms with Crippen LogP contribution >= 0.6 is 0 Å². The highest BCUT2D eigenvalue weighted by molar-refractivity contribution is 5.43. The van der Waals surface area contributed by atoms with Crippen molar-refractivity contribution < 1.29 is 9.47 Å². The van der Waals surface area contributed by atoms with E-state index in [2.05, 4.69) is 18.3 Å². The van der Waals surface area contributed by atoms with Gasteiger partial charge < -0.3 is 14.8 Å². The summed E-state index contributed by atoms with van der Waals surface area (Å²) in [5.41, 5.74) is 1.15. The lowest BCUT2D eigenvalue weighted by atomic mass is 10.2. The van der Waals surface area contributed by atoms with Gasteiger partial charge in [0.25, 0.3) is 0 Å². The summed E-state index contributed by atoms with van der Waals surface area (Å²) in [5.74, 6) is 1.34. The van der Waals surface area contributed by atoms with Crippen molar-refractivity contribution in [3.8, 4) is 17.6 Å². The molecule has 0 amide bonds. The second kappa shape index (κ2) is 9.22. The van der Waals surface area contributed by atoms with Crippen LogP contribution in [-0.4, -0.2) is 19.3 Å². The van der Waals surface area contributed by atoms with Gasteiger partial charge in [0, 0.05) is 6.54 Å². The molecule has 0 aliphatic rings. The van der Waals surface area contributed by atoms with Gasteiger partial charge in [-0.2, -0.15) is 5.26 Å². The zero-order valence-electron chi connectivity index (χ0n) is 12.6. The van der Waals surface area contributed by atoms with E-state index in [0.717, 1.165) is 25.1 Å². The fraction of sp³-hybridized carbons (Fsp3) is 0.562. The van der Waals surface area contributed by atoms with Crippen molar-refractivity contribution >= 4 is 0 Å². The van der Waals surface area contributed by atoms with Gasteiger partial charge in [-0.05, 0) is 44.0 Å². The summed E-state index contributed by atoms with van der Waals surface area (Å²) in [6, 6.07) is 8.00. The zero-order chi connectivity index (χ0) is 14.8. The molecular weight excluding hydrogens is 252 g/mol. The Labute approximate surface area is 121 Å². The quantitative estimate of drug-likeness (QED) is 0.703. The van der Waals surface area contributed by atoms with Gasteiger partial charge in [0.15, 0.2) is 17.6 Å². The van der Waals surface area contributed by atoms with Gasteiger partial charge >= 0.3 is 0 Å². The Morgan fingerprint density at radius 1 is 1.25 bits per heavy atom. The van der Waals surface area contributed by atoms with Crippen molar-refractivity contribution in [2.24, 2.45) is 0 Å². The van der Waals surface area contributed by atoms with Gasteiger partial charge in [0.1, 0.15) is 6.07 Å². The maximum atomic E-state index is 8.98. The Morgan fingerprint density at radius 3 is 2.65 bits per heavy atom. The van der Waals surface area contributed by atoms with Crippen LogP contribution < -0.4 is 14.8 Å². The standard InChI is InChI=1S/C16H24N2O2/c1-4-9-18-12-13-7-8-15(16(10-13)19-6-3)20-14(5-2)11-17/h7-8,10,14,18H,4-6,9,12H2,1-3H3. The van der Waals surface area contributed by atoms with Crippen LogP contribution in [0.15, 0.2) is 18.2 Å². The molecule has 1 rings (SSSR count). The molecule has 0 saturated heterocycles. The molecule has 4 nitrogen and oxygen atoms in total. The van der Waals surface area contributed by atoms with Crippen molar-refractivity contribution in [1.29, 1.82) is 5.26 Å². The predicted octanol–water partition coefficient (Wildman–Crippen LogP) is 3.27. The van der Waals surface area contributed by atoms with Crippen molar-refractivity contribution in [1.82, 2.24) is 5.32 Å². The Hall–Kier alpha value is -1.73. The van der Waals surface area contributed by atoms with E-state index < -0.39 is 6.10 Å². The van der Waals surface area contributed by atoms with Crippen LogP contribution in [0.25, 0.3) is 0 Å². The molecule has 0 spiro atoms. The van der Waals surface area contributed by atoms with Crippen molar-refractivity contribution in [3.63, 3.8) is 0 Å². The van der Waals surface area contributed by atoms with Gasteiger partial charge in [0.05, 0.1) is 6.61 Å². The third-order valence-electron chi connectivity index (χ3n) is 2.85. The number of benzene rings is 1. The van der Waals surface area contributed by atoms with Crippen LogP contribution in [0.1, 0.15) is 39.2 Å². The summed E-state index contributed by atoms with van der Waals surface area (Å²) in [5, 5.41) is 12.3. The van der Waals surface area contributed by atoms with Gasteiger partial charge in [-0.25, -0.2) is 0 Å². The Bertz CT molecular complexity index is 441. The fourth-order valence-corrected chi connectivity index (χ4v) is 1.79. The van der Waals surface area contributed by atoms with Crippen LogP contribution in [0.3, 0.4) is 0 Å². The van der Waals surface area contributed by atoms with Crippen molar-refractivity contribution in [3.05, 3.63) is 23.8 Å². The number of ether oxygens (including phenoxy) is 2. The van der Waals surface area contributed by atoms with Crippen LogP contribution in [0.4, 0.5) is 0 Å². The third kappa shape index (κ3) is 5.10. The number of nitriles is 1. The maximum Gasteiger partial charge on any atom is 0.184 e. The number of rotatable bonds is 9. The first-order chi connectivity index (χ1) is 9.74. The van der Waals surface area contributed by atoms with E-state index in [1.54, 1.807) is 0 Å². The average Bonchev–Trinajstić information content (AvgIpc) is 2.47. The normalized spacial score (nSPS) is 11.7. The summed E-state index contributed by atoms with van der Waals surface area (Å²) in [7, 11) is 0.